The van der Waals surface area contributed by atoms with Crippen LogP contribution < -0.4 is 11.1 Å². The number of thiocarbonyl (C=S) groups is 1. The molecule has 5 heteroatoms. The molecule has 0 bridgehead atoms. The Bertz CT molecular complexity index is 467. The van der Waals surface area contributed by atoms with E-state index in [0.29, 0.717) is 16.8 Å². The number of hydrogen-bond acceptors (Lipinski definition) is 3. The number of carbonyl (C=O) groups excluding carboxylic acids is 1. The van der Waals surface area contributed by atoms with Crippen molar-refractivity contribution in [3.63, 3.8) is 0 Å². The van der Waals surface area contributed by atoms with Gasteiger partial charge in [-0.15, -0.1) is 11.8 Å². The summed E-state index contributed by atoms with van der Waals surface area (Å²) in [6.07, 6.45) is 4.76. The smallest absolute Gasteiger partial charge is 0.230 e. The second-order valence-corrected chi connectivity index (χ2v) is 6.53. The minimum atomic E-state index is 0.154. The van der Waals surface area contributed by atoms with E-state index < -0.39 is 0 Å². The highest BCUT2D eigenvalue weighted by Crippen LogP contribution is 2.18. The molecule has 1 saturated carbocycles. The van der Waals surface area contributed by atoms with Crippen LogP contribution in [-0.4, -0.2) is 22.7 Å². The zero-order valence-corrected chi connectivity index (χ0v) is 13.1. The maximum atomic E-state index is 11.8. The lowest BCUT2D eigenvalue weighted by Crippen LogP contribution is -2.33. The Balaban J connectivity index is 1.69. The van der Waals surface area contributed by atoms with Crippen LogP contribution in [0.1, 0.15) is 36.8 Å². The van der Waals surface area contributed by atoms with Gasteiger partial charge in [-0.1, -0.05) is 49.3 Å². The first-order chi connectivity index (χ1) is 9.65. The average molecular weight is 308 g/mol. The van der Waals surface area contributed by atoms with Gasteiger partial charge in [0.15, 0.2) is 0 Å². The number of rotatable bonds is 6. The highest BCUT2D eigenvalue weighted by Gasteiger charge is 2.16. The van der Waals surface area contributed by atoms with Crippen molar-refractivity contribution in [3.8, 4) is 0 Å². The molecule has 0 unspecified atom stereocenters. The molecule has 1 fully saturated rings. The van der Waals surface area contributed by atoms with Crippen molar-refractivity contribution in [2.45, 2.75) is 37.5 Å². The number of hydrogen-bond donors (Lipinski definition) is 2. The monoisotopic (exact) mass is 308 g/mol. The molecule has 1 aromatic rings. The van der Waals surface area contributed by atoms with Gasteiger partial charge in [-0.05, 0) is 18.4 Å². The number of amides is 1. The summed E-state index contributed by atoms with van der Waals surface area (Å²) in [7, 11) is 0. The molecule has 1 aliphatic rings. The Labute approximate surface area is 129 Å². The lowest BCUT2D eigenvalue weighted by molar-refractivity contribution is -0.119. The number of nitrogens with one attached hydrogen (secondary N) is 1. The lowest BCUT2D eigenvalue weighted by atomic mass is 10.1. The molecule has 2 rings (SSSR count). The number of carbonyl (C=O) groups is 1. The first-order valence-electron chi connectivity index (χ1n) is 6.91. The van der Waals surface area contributed by atoms with E-state index in [1.807, 2.05) is 24.3 Å². The average Bonchev–Trinajstić information content (AvgIpc) is 2.92. The molecular weight excluding hydrogens is 288 g/mol. The lowest BCUT2D eigenvalue weighted by Gasteiger charge is -2.11. The van der Waals surface area contributed by atoms with Crippen molar-refractivity contribution in [2.75, 3.05) is 5.75 Å². The van der Waals surface area contributed by atoms with Gasteiger partial charge >= 0.3 is 0 Å². The normalized spacial score (nSPS) is 15.2. The van der Waals surface area contributed by atoms with Gasteiger partial charge in [0.2, 0.25) is 5.91 Å². The van der Waals surface area contributed by atoms with Gasteiger partial charge < -0.3 is 11.1 Å². The summed E-state index contributed by atoms with van der Waals surface area (Å²) < 4.78 is 0. The van der Waals surface area contributed by atoms with Crippen LogP contribution in [-0.2, 0) is 10.5 Å². The van der Waals surface area contributed by atoms with Gasteiger partial charge in [0.05, 0.1) is 5.75 Å². The van der Waals surface area contributed by atoms with Gasteiger partial charge in [-0.25, -0.2) is 0 Å². The first-order valence-corrected chi connectivity index (χ1v) is 8.47. The third-order valence-corrected chi connectivity index (χ3v) is 4.70. The van der Waals surface area contributed by atoms with E-state index in [-0.39, 0.29) is 5.91 Å². The van der Waals surface area contributed by atoms with Crippen LogP contribution in [0.15, 0.2) is 24.3 Å². The van der Waals surface area contributed by atoms with Crippen LogP contribution in [0.2, 0.25) is 0 Å². The predicted octanol–water partition coefficient (Wildman–Crippen LogP) is 2.61. The Kier molecular flexibility index (Phi) is 5.86. The molecule has 1 aliphatic carbocycles. The molecule has 1 amide bonds. The molecule has 0 heterocycles. The second kappa shape index (κ2) is 7.64. The second-order valence-electron chi connectivity index (χ2n) is 5.10. The van der Waals surface area contributed by atoms with Gasteiger partial charge in [-0.2, -0.15) is 0 Å². The molecule has 0 aliphatic heterocycles. The summed E-state index contributed by atoms with van der Waals surface area (Å²) >= 11 is 6.55. The third kappa shape index (κ3) is 4.80. The molecule has 0 spiro atoms. The van der Waals surface area contributed by atoms with Gasteiger partial charge in [0.25, 0.3) is 0 Å². The van der Waals surface area contributed by atoms with Crippen molar-refractivity contribution in [2.24, 2.45) is 5.73 Å². The minimum Gasteiger partial charge on any atom is -0.389 e. The molecule has 1 aromatic carbocycles. The maximum absolute atomic E-state index is 11.8. The zero-order chi connectivity index (χ0) is 14.4. The third-order valence-electron chi connectivity index (χ3n) is 3.46. The molecule has 3 N–H and O–H groups in total. The van der Waals surface area contributed by atoms with Crippen molar-refractivity contribution in [1.29, 1.82) is 0 Å². The van der Waals surface area contributed by atoms with E-state index in [0.717, 1.165) is 24.2 Å². The van der Waals surface area contributed by atoms with E-state index in [2.05, 4.69) is 5.32 Å². The molecule has 0 radical (unpaired) electrons. The largest absolute Gasteiger partial charge is 0.389 e. The van der Waals surface area contributed by atoms with Crippen LogP contribution in [0.4, 0.5) is 0 Å². The van der Waals surface area contributed by atoms with Gasteiger partial charge in [0, 0.05) is 17.4 Å². The summed E-state index contributed by atoms with van der Waals surface area (Å²) in [5, 5.41) is 3.10. The number of benzene rings is 1. The van der Waals surface area contributed by atoms with Crippen molar-refractivity contribution < 1.29 is 4.79 Å². The fourth-order valence-electron chi connectivity index (χ4n) is 2.37. The predicted molar refractivity (Wildman–Crippen MR) is 88.9 cm³/mol. The Morgan fingerprint density at radius 2 is 1.95 bits per heavy atom. The van der Waals surface area contributed by atoms with E-state index in [9.17, 15) is 4.79 Å². The van der Waals surface area contributed by atoms with E-state index in [1.54, 1.807) is 11.8 Å². The number of nitrogens with two attached hydrogens (primary N) is 1. The summed E-state index contributed by atoms with van der Waals surface area (Å²) in [6, 6.07) is 8.29. The van der Waals surface area contributed by atoms with Crippen molar-refractivity contribution in [3.05, 3.63) is 35.4 Å². The molecule has 3 nitrogen and oxygen atoms in total. The summed E-state index contributed by atoms with van der Waals surface area (Å²) in [4.78, 5) is 12.2. The summed E-state index contributed by atoms with van der Waals surface area (Å²) in [5.74, 6) is 1.50. The minimum absolute atomic E-state index is 0.154. The van der Waals surface area contributed by atoms with Crippen LogP contribution >= 0.6 is 24.0 Å². The molecular formula is C15H20N2OS2. The van der Waals surface area contributed by atoms with Crippen molar-refractivity contribution >= 4 is 34.9 Å². The molecule has 0 saturated heterocycles. The highest BCUT2D eigenvalue weighted by atomic mass is 32.2. The first kappa shape index (κ1) is 15.3. The van der Waals surface area contributed by atoms with Gasteiger partial charge in [-0.3, -0.25) is 4.79 Å². The van der Waals surface area contributed by atoms with E-state index in [1.165, 1.54) is 18.4 Å². The van der Waals surface area contributed by atoms with Gasteiger partial charge in [0.1, 0.15) is 4.99 Å². The maximum Gasteiger partial charge on any atom is 0.230 e. The quantitative estimate of drug-likeness (QED) is 0.793. The Hall–Kier alpha value is -1.07. The Morgan fingerprint density at radius 1 is 1.30 bits per heavy atom. The van der Waals surface area contributed by atoms with Crippen molar-refractivity contribution in [1.82, 2.24) is 5.32 Å². The van der Waals surface area contributed by atoms with Crippen LogP contribution in [0.5, 0.6) is 0 Å². The van der Waals surface area contributed by atoms with Crippen LogP contribution in [0.3, 0.4) is 0 Å². The molecule has 20 heavy (non-hydrogen) atoms. The Morgan fingerprint density at radius 3 is 2.55 bits per heavy atom. The highest BCUT2D eigenvalue weighted by molar-refractivity contribution is 7.99. The fraction of sp³-hybridized carbons (Fsp3) is 0.467. The van der Waals surface area contributed by atoms with Crippen LogP contribution in [0.25, 0.3) is 0 Å². The zero-order valence-electron chi connectivity index (χ0n) is 11.4. The summed E-state index contributed by atoms with van der Waals surface area (Å²) in [6.45, 7) is 0. The van der Waals surface area contributed by atoms with E-state index in [4.69, 9.17) is 18.0 Å². The standard InChI is InChI=1S/C15H20N2OS2/c16-15(19)12-7-5-11(6-8-12)9-20-10-14(18)17-13-3-1-2-4-13/h5-8,13H,1-4,9-10H2,(H2,16,19)(H,17,18). The SMILES string of the molecule is NC(=S)c1ccc(CSCC(=O)NC2CCCC2)cc1. The summed E-state index contributed by atoms with van der Waals surface area (Å²) in [5.41, 5.74) is 7.62. The molecule has 108 valence electrons. The molecule has 0 atom stereocenters. The van der Waals surface area contributed by atoms with E-state index >= 15 is 0 Å². The van der Waals surface area contributed by atoms with Crippen LogP contribution in [0, 0.1) is 0 Å². The number of thioether (sulfide) groups is 1. The molecule has 0 aromatic heterocycles. The topological polar surface area (TPSA) is 55.1 Å². The fourth-order valence-corrected chi connectivity index (χ4v) is 3.30.